The number of nitrogen functional groups attached to an aromatic ring is 1. The second kappa shape index (κ2) is 5.90. The monoisotopic (exact) mass is 250 g/mol. The van der Waals surface area contributed by atoms with Crippen molar-refractivity contribution in [3.8, 4) is 5.75 Å². The lowest BCUT2D eigenvalue weighted by molar-refractivity contribution is 0.250. The van der Waals surface area contributed by atoms with Crippen LogP contribution in [0.3, 0.4) is 0 Å². The molecular weight excluding hydrogens is 232 g/mol. The minimum Gasteiger partial charge on any atom is -0.495 e. The lowest BCUT2D eigenvalue weighted by Crippen LogP contribution is -2.34. The van der Waals surface area contributed by atoms with E-state index in [2.05, 4.69) is 10.6 Å². The molecule has 98 valence electrons. The van der Waals surface area contributed by atoms with E-state index in [1.165, 1.54) is 7.11 Å². The summed E-state index contributed by atoms with van der Waals surface area (Å²) in [5.41, 5.74) is 6.45. The minimum absolute atomic E-state index is 0.0486. The van der Waals surface area contributed by atoms with E-state index < -0.39 is 0 Å². The molecule has 1 rings (SSSR count). The molecule has 0 spiro atoms. The Morgan fingerprint density at radius 1 is 1.44 bits per heavy atom. The summed E-state index contributed by atoms with van der Waals surface area (Å²) in [6.07, 6.45) is 0. The summed E-state index contributed by atoms with van der Waals surface area (Å²) in [6, 6.07) is 4.64. The van der Waals surface area contributed by atoms with E-state index in [1.54, 1.807) is 18.2 Å². The molecule has 0 fully saturated rings. The summed E-state index contributed by atoms with van der Waals surface area (Å²) < 4.78 is 5.15. The van der Waals surface area contributed by atoms with Gasteiger partial charge in [-0.25, -0.2) is 4.79 Å². The Morgan fingerprint density at radius 2 is 2.11 bits per heavy atom. The van der Waals surface area contributed by atoms with Gasteiger partial charge >= 0.3 is 6.03 Å². The van der Waals surface area contributed by atoms with Gasteiger partial charge in [0.1, 0.15) is 11.6 Å². The average molecular weight is 250 g/mol. The number of amidine groups is 1. The molecule has 0 atom stereocenters. The van der Waals surface area contributed by atoms with Crippen LogP contribution in [0.5, 0.6) is 5.75 Å². The van der Waals surface area contributed by atoms with Gasteiger partial charge in [-0.05, 0) is 32.0 Å². The topological polar surface area (TPSA) is 100 Å². The van der Waals surface area contributed by atoms with Crippen LogP contribution in [-0.4, -0.2) is 25.0 Å². The molecule has 2 amide bonds. The summed E-state index contributed by atoms with van der Waals surface area (Å²) >= 11 is 0. The fourth-order valence-corrected chi connectivity index (χ4v) is 1.38. The highest BCUT2D eigenvalue weighted by Gasteiger charge is 2.09. The number of hydrogen-bond acceptors (Lipinski definition) is 3. The van der Waals surface area contributed by atoms with E-state index in [-0.39, 0.29) is 17.9 Å². The van der Waals surface area contributed by atoms with Crippen molar-refractivity contribution in [1.29, 1.82) is 5.41 Å². The summed E-state index contributed by atoms with van der Waals surface area (Å²) in [5.74, 6) is 0.410. The third-order valence-electron chi connectivity index (χ3n) is 2.18. The zero-order chi connectivity index (χ0) is 13.7. The molecule has 0 saturated heterocycles. The average Bonchev–Trinajstić information content (AvgIpc) is 2.27. The molecular formula is C12H18N4O2. The van der Waals surface area contributed by atoms with Crippen LogP contribution in [0.1, 0.15) is 19.4 Å². The van der Waals surface area contributed by atoms with E-state index >= 15 is 0 Å². The third-order valence-corrected chi connectivity index (χ3v) is 2.18. The first-order valence-electron chi connectivity index (χ1n) is 5.54. The van der Waals surface area contributed by atoms with Gasteiger partial charge in [0.15, 0.2) is 0 Å². The number of carbonyl (C=O) groups is 1. The highest BCUT2D eigenvalue weighted by atomic mass is 16.5. The lowest BCUT2D eigenvalue weighted by atomic mass is 10.1. The summed E-state index contributed by atoms with van der Waals surface area (Å²) in [6.45, 7) is 3.74. The number of hydrogen-bond donors (Lipinski definition) is 4. The van der Waals surface area contributed by atoms with E-state index in [0.717, 1.165) is 0 Å². The molecule has 0 aliphatic rings. The number of carbonyl (C=O) groups excluding carboxylic acids is 1. The van der Waals surface area contributed by atoms with Crippen molar-refractivity contribution in [1.82, 2.24) is 5.32 Å². The Hall–Kier alpha value is -2.24. The summed E-state index contributed by atoms with van der Waals surface area (Å²) in [5, 5.41) is 12.7. The van der Waals surface area contributed by atoms with Gasteiger partial charge in [-0.15, -0.1) is 0 Å². The Morgan fingerprint density at radius 3 is 2.61 bits per heavy atom. The molecule has 6 nitrogen and oxygen atoms in total. The number of urea groups is 1. The van der Waals surface area contributed by atoms with Gasteiger partial charge in [0.2, 0.25) is 0 Å². The maximum atomic E-state index is 11.6. The van der Waals surface area contributed by atoms with Crippen molar-refractivity contribution in [2.75, 3.05) is 12.4 Å². The van der Waals surface area contributed by atoms with Crippen LogP contribution < -0.4 is 21.1 Å². The fourth-order valence-electron chi connectivity index (χ4n) is 1.38. The Balaban J connectivity index is 2.89. The van der Waals surface area contributed by atoms with Crippen molar-refractivity contribution >= 4 is 17.6 Å². The molecule has 0 aliphatic heterocycles. The number of rotatable bonds is 4. The van der Waals surface area contributed by atoms with Crippen molar-refractivity contribution in [2.45, 2.75) is 19.9 Å². The molecule has 5 N–H and O–H groups in total. The SMILES string of the molecule is COc1cc(C(=N)N)ccc1NC(=O)NC(C)C. The maximum absolute atomic E-state index is 11.6. The van der Waals surface area contributed by atoms with Crippen LogP contribution >= 0.6 is 0 Å². The van der Waals surface area contributed by atoms with Gasteiger partial charge in [0.25, 0.3) is 0 Å². The number of ether oxygens (including phenoxy) is 1. The van der Waals surface area contributed by atoms with Crippen molar-refractivity contribution < 1.29 is 9.53 Å². The minimum atomic E-state index is -0.307. The Kier molecular flexibility index (Phi) is 4.53. The van der Waals surface area contributed by atoms with Gasteiger partial charge in [0.05, 0.1) is 12.8 Å². The lowest BCUT2D eigenvalue weighted by Gasteiger charge is -2.13. The molecule has 18 heavy (non-hydrogen) atoms. The van der Waals surface area contributed by atoms with Crippen LogP contribution in [0.15, 0.2) is 18.2 Å². The molecule has 0 aromatic heterocycles. The van der Waals surface area contributed by atoms with Crippen LogP contribution in [0, 0.1) is 5.41 Å². The van der Waals surface area contributed by atoms with Crippen LogP contribution in [-0.2, 0) is 0 Å². The number of anilines is 1. The van der Waals surface area contributed by atoms with Crippen LogP contribution in [0.4, 0.5) is 10.5 Å². The number of nitrogens with two attached hydrogens (primary N) is 1. The van der Waals surface area contributed by atoms with Gasteiger partial charge in [-0.1, -0.05) is 0 Å². The fraction of sp³-hybridized carbons (Fsp3) is 0.333. The molecule has 1 aromatic carbocycles. The predicted molar refractivity (Wildman–Crippen MR) is 71.3 cm³/mol. The van der Waals surface area contributed by atoms with Crippen molar-refractivity contribution in [2.24, 2.45) is 5.73 Å². The van der Waals surface area contributed by atoms with E-state index in [1.807, 2.05) is 13.8 Å². The number of amides is 2. The standard InChI is InChI=1S/C12H18N4O2/c1-7(2)15-12(17)16-9-5-4-8(11(13)14)6-10(9)18-3/h4-7H,1-3H3,(H3,13,14)(H2,15,16,17). The summed E-state index contributed by atoms with van der Waals surface area (Å²) in [7, 11) is 1.49. The number of methoxy groups -OCH3 is 1. The molecule has 1 aromatic rings. The quantitative estimate of drug-likeness (QED) is 0.481. The highest BCUT2D eigenvalue weighted by Crippen LogP contribution is 2.25. The van der Waals surface area contributed by atoms with Crippen LogP contribution in [0.25, 0.3) is 0 Å². The first-order valence-corrected chi connectivity index (χ1v) is 5.54. The van der Waals surface area contributed by atoms with E-state index in [9.17, 15) is 4.79 Å². The first-order chi connectivity index (χ1) is 8.43. The molecule has 0 unspecified atom stereocenters. The first kappa shape index (κ1) is 13.8. The zero-order valence-corrected chi connectivity index (χ0v) is 10.7. The van der Waals surface area contributed by atoms with Crippen molar-refractivity contribution in [3.05, 3.63) is 23.8 Å². The highest BCUT2D eigenvalue weighted by molar-refractivity contribution is 5.97. The second-order valence-electron chi connectivity index (χ2n) is 4.08. The third kappa shape index (κ3) is 3.65. The maximum Gasteiger partial charge on any atom is 0.319 e. The predicted octanol–water partition coefficient (Wildman–Crippen LogP) is 1.51. The van der Waals surface area contributed by atoms with Gasteiger partial charge in [-0.2, -0.15) is 0 Å². The molecule has 0 saturated carbocycles. The zero-order valence-electron chi connectivity index (χ0n) is 10.7. The smallest absolute Gasteiger partial charge is 0.319 e. The van der Waals surface area contributed by atoms with Gasteiger partial charge in [-0.3, -0.25) is 5.41 Å². The largest absolute Gasteiger partial charge is 0.495 e. The molecule has 0 heterocycles. The molecule has 0 aliphatic carbocycles. The van der Waals surface area contributed by atoms with Crippen molar-refractivity contribution in [3.63, 3.8) is 0 Å². The number of benzene rings is 1. The van der Waals surface area contributed by atoms with Gasteiger partial charge in [0, 0.05) is 11.6 Å². The van der Waals surface area contributed by atoms with Gasteiger partial charge < -0.3 is 21.1 Å². The second-order valence-corrected chi connectivity index (χ2v) is 4.08. The Bertz CT molecular complexity index is 457. The molecule has 6 heteroatoms. The molecule has 0 bridgehead atoms. The number of nitrogens with one attached hydrogen (secondary N) is 3. The van der Waals surface area contributed by atoms with E-state index in [0.29, 0.717) is 17.0 Å². The molecule has 0 radical (unpaired) electrons. The van der Waals surface area contributed by atoms with Crippen LogP contribution in [0.2, 0.25) is 0 Å². The Labute approximate surface area is 106 Å². The normalized spacial score (nSPS) is 10.0. The summed E-state index contributed by atoms with van der Waals surface area (Å²) in [4.78, 5) is 11.6. The van der Waals surface area contributed by atoms with E-state index in [4.69, 9.17) is 15.9 Å².